The van der Waals surface area contributed by atoms with E-state index < -0.39 is 5.82 Å². The largest absolute Gasteiger partial charge is 0.467 e. The summed E-state index contributed by atoms with van der Waals surface area (Å²) in [5.41, 5.74) is 1.09. The van der Waals surface area contributed by atoms with Gasteiger partial charge in [-0.2, -0.15) is 0 Å². The molecule has 0 unspecified atom stereocenters. The van der Waals surface area contributed by atoms with Crippen molar-refractivity contribution in [3.63, 3.8) is 0 Å². The highest BCUT2D eigenvalue weighted by Crippen LogP contribution is 2.28. The van der Waals surface area contributed by atoms with E-state index in [0.29, 0.717) is 28.8 Å². The number of amides is 1. The number of rotatable bonds is 7. The fourth-order valence-electron chi connectivity index (χ4n) is 3.59. The Balaban J connectivity index is 1.38. The number of nitrogens with zero attached hydrogens (tertiary/aromatic N) is 3. The molecular weight excluding hydrogens is 439 g/mol. The molecule has 8 heteroatoms. The molecule has 1 amide bonds. The van der Waals surface area contributed by atoms with Crippen molar-refractivity contribution in [2.45, 2.75) is 11.7 Å². The van der Waals surface area contributed by atoms with E-state index in [-0.39, 0.29) is 11.7 Å². The maximum Gasteiger partial charge on any atom is 0.234 e. The van der Waals surface area contributed by atoms with Crippen LogP contribution in [-0.2, 0) is 11.3 Å². The number of carbonyl (C=O) groups is 1. The Kier molecular flexibility index (Phi) is 5.91. The van der Waals surface area contributed by atoms with Crippen molar-refractivity contribution in [3.05, 3.63) is 96.7 Å². The Morgan fingerprint density at radius 1 is 0.970 bits per heavy atom. The zero-order valence-electron chi connectivity index (χ0n) is 17.4. The second kappa shape index (κ2) is 9.30. The molecule has 0 aliphatic heterocycles. The van der Waals surface area contributed by atoms with Gasteiger partial charge >= 0.3 is 0 Å². The fourth-order valence-corrected chi connectivity index (χ4v) is 4.33. The van der Waals surface area contributed by atoms with E-state index in [9.17, 15) is 9.18 Å². The molecule has 3 aromatic carbocycles. The van der Waals surface area contributed by atoms with Crippen LogP contribution >= 0.6 is 11.8 Å². The first kappa shape index (κ1) is 21.0. The van der Waals surface area contributed by atoms with E-state index in [0.717, 1.165) is 16.5 Å². The molecule has 6 nitrogen and oxygen atoms in total. The Labute approximate surface area is 193 Å². The molecule has 0 fully saturated rings. The summed E-state index contributed by atoms with van der Waals surface area (Å²) in [7, 11) is 0. The third kappa shape index (κ3) is 4.51. The maximum atomic E-state index is 14.5. The molecule has 164 valence electrons. The Morgan fingerprint density at radius 3 is 2.64 bits per heavy atom. The van der Waals surface area contributed by atoms with Gasteiger partial charge in [-0.15, -0.1) is 10.2 Å². The molecule has 0 saturated carbocycles. The van der Waals surface area contributed by atoms with Crippen molar-refractivity contribution in [3.8, 4) is 11.4 Å². The predicted molar refractivity (Wildman–Crippen MR) is 127 cm³/mol. The minimum atomic E-state index is -0.393. The lowest BCUT2D eigenvalue weighted by atomic mass is 10.1. The zero-order valence-corrected chi connectivity index (χ0v) is 18.3. The topological polar surface area (TPSA) is 73.0 Å². The van der Waals surface area contributed by atoms with E-state index in [1.165, 1.54) is 17.8 Å². The van der Waals surface area contributed by atoms with Crippen molar-refractivity contribution >= 4 is 34.1 Å². The summed E-state index contributed by atoms with van der Waals surface area (Å²) in [4.78, 5) is 12.7. The average Bonchev–Trinajstić information content (AvgIpc) is 3.49. The van der Waals surface area contributed by atoms with E-state index >= 15 is 0 Å². The lowest BCUT2D eigenvalue weighted by Crippen LogP contribution is -2.15. The van der Waals surface area contributed by atoms with Crippen LogP contribution in [0, 0.1) is 5.82 Å². The molecule has 0 radical (unpaired) electrons. The van der Waals surface area contributed by atoms with Gasteiger partial charge in [-0.1, -0.05) is 60.3 Å². The predicted octanol–water partition coefficient (Wildman–Crippen LogP) is 5.61. The van der Waals surface area contributed by atoms with E-state index in [2.05, 4.69) is 15.5 Å². The van der Waals surface area contributed by atoms with Crippen LogP contribution in [0.15, 0.2) is 94.7 Å². The molecule has 5 rings (SSSR count). The molecule has 0 aliphatic carbocycles. The maximum absolute atomic E-state index is 14.5. The normalized spacial score (nSPS) is 11.1. The van der Waals surface area contributed by atoms with Crippen LogP contribution in [-0.4, -0.2) is 26.4 Å². The van der Waals surface area contributed by atoms with Gasteiger partial charge in [0.15, 0.2) is 11.0 Å². The second-order valence-corrected chi connectivity index (χ2v) is 8.26. The molecule has 0 bridgehead atoms. The highest BCUT2D eigenvalue weighted by Gasteiger charge is 2.19. The molecule has 0 saturated heterocycles. The van der Waals surface area contributed by atoms with Gasteiger partial charge in [0.1, 0.15) is 11.6 Å². The smallest absolute Gasteiger partial charge is 0.234 e. The standard InChI is InChI=1S/C25H19FN4O2S/c26-21-12-4-3-11-20(21)24-28-29-25(30(24)15-18-9-6-14-32-18)33-16-23(31)27-22-13-5-8-17-7-1-2-10-19(17)22/h1-14H,15-16H2,(H,27,31). The number of fused-ring (bicyclic) bond motifs is 1. The van der Waals surface area contributed by atoms with Gasteiger partial charge < -0.3 is 9.73 Å². The number of aromatic nitrogens is 3. The molecule has 2 aromatic heterocycles. The number of thioether (sulfide) groups is 1. The third-order valence-corrected chi connectivity index (χ3v) is 6.09. The summed E-state index contributed by atoms with van der Waals surface area (Å²) < 4.78 is 21.7. The second-order valence-electron chi connectivity index (χ2n) is 7.32. The van der Waals surface area contributed by atoms with Gasteiger partial charge in [-0.05, 0) is 35.7 Å². The average molecular weight is 459 g/mol. The van der Waals surface area contributed by atoms with E-state index in [1.807, 2.05) is 48.5 Å². The van der Waals surface area contributed by atoms with Crippen LogP contribution in [0.5, 0.6) is 0 Å². The highest BCUT2D eigenvalue weighted by atomic mass is 32.2. The quantitative estimate of drug-likeness (QED) is 0.321. The third-order valence-electron chi connectivity index (χ3n) is 5.12. The summed E-state index contributed by atoms with van der Waals surface area (Å²) in [6, 6.07) is 23.7. The first-order chi connectivity index (χ1) is 16.2. The molecule has 0 aliphatic rings. The van der Waals surface area contributed by atoms with Gasteiger partial charge in [-0.25, -0.2) is 4.39 Å². The highest BCUT2D eigenvalue weighted by molar-refractivity contribution is 7.99. The molecule has 0 atom stereocenters. The lowest BCUT2D eigenvalue weighted by molar-refractivity contribution is -0.113. The minimum Gasteiger partial charge on any atom is -0.467 e. The number of hydrogen-bond acceptors (Lipinski definition) is 5. The Hall–Kier alpha value is -3.91. The van der Waals surface area contributed by atoms with Crippen LogP contribution < -0.4 is 5.32 Å². The van der Waals surface area contributed by atoms with Crippen LogP contribution in [0.2, 0.25) is 0 Å². The number of carbonyl (C=O) groups excluding carboxylic acids is 1. The first-order valence-electron chi connectivity index (χ1n) is 10.3. The van der Waals surface area contributed by atoms with Crippen LogP contribution in [0.25, 0.3) is 22.2 Å². The monoisotopic (exact) mass is 458 g/mol. The molecule has 5 aromatic rings. The van der Waals surface area contributed by atoms with Crippen molar-refractivity contribution in [1.29, 1.82) is 0 Å². The van der Waals surface area contributed by atoms with Crippen molar-refractivity contribution in [2.75, 3.05) is 11.1 Å². The number of hydrogen-bond donors (Lipinski definition) is 1. The summed E-state index contributed by atoms with van der Waals surface area (Å²) in [5, 5.41) is 13.9. The van der Waals surface area contributed by atoms with Crippen molar-refractivity contribution in [2.24, 2.45) is 0 Å². The van der Waals surface area contributed by atoms with Gasteiger partial charge in [0, 0.05) is 11.1 Å². The zero-order chi connectivity index (χ0) is 22.6. The Bertz CT molecular complexity index is 1410. The first-order valence-corrected chi connectivity index (χ1v) is 11.3. The molecule has 1 N–H and O–H groups in total. The van der Waals surface area contributed by atoms with E-state index in [1.54, 1.807) is 35.1 Å². The molecule has 0 spiro atoms. The summed E-state index contributed by atoms with van der Waals surface area (Å²) in [6.07, 6.45) is 1.58. The Morgan fingerprint density at radius 2 is 1.79 bits per heavy atom. The van der Waals surface area contributed by atoms with Gasteiger partial charge in [0.05, 0.1) is 24.1 Å². The SMILES string of the molecule is O=C(CSc1nnc(-c2ccccc2F)n1Cc1ccco1)Nc1cccc2ccccc12. The fraction of sp³-hybridized carbons (Fsp3) is 0.0800. The number of halogens is 1. The van der Waals surface area contributed by atoms with Crippen LogP contribution in [0.1, 0.15) is 5.76 Å². The van der Waals surface area contributed by atoms with Gasteiger partial charge in [0.25, 0.3) is 0 Å². The summed E-state index contributed by atoms with van der Waals surface area (Å²) in [6.45, 7) is 0.316. The molecule has 33 heavy (non-hydrogen) atoms. The lowest BCUT2D eigenvalue weighted by Gasteiger charge is -2.10. The van der Waals surface area contributed by atoms with Crippen molar-refractivity contribution < 1.29 is 13.6 Å². The van der Waals surface area contributed by atoms with Gasteiger partial charge in [0.2, 0.25) is 5.91 Å². The van der Waals surface area contributed by atoms with Crippen LogP contribution in [0.3, 0.4) is 0 Å². The number of nitrogens with one attached hydrogen (secondary N) is 1. The number of anilines is 1. The summed E-state index contributed by atoms with van der Waals surface area (Å²) >= 11 is 1.24. The molecule has 2 heterocycles. The summed E-state index contributed by atoms with van der Waals surface area (Å²) in [5.74, 6) is 0.611. The number of furan rings is 1. The van der Waals surface area contributed by atoms with Gasteiger partial charge in [-0.3, -0.25) is 9.36 Å². The number of benzene rings is 3. The van der Waals surface area contributed by atoms with E-state index in [4.69, 9.17) is 4.42 Å². The van der Waals surface area contributed by atoms with Crippen LogP contribution in [0.4, 0.5) is 10.1 Å². The molecular formula is C25H19FN4O2S. The van der Waals surface area contributed by atoms with Crippen molar-refractivity contribution in [1.82, 2.24) is 14.8 Å². The minimum absolute atomic E-state index is 0.122.